The lowest BCUT2D eigenvalue weighted by molar-refractivity contribution is -0.151. The molecule has 0 radical (unpaired) electrons. The van der Waals surface area contributed by atoms with E-state index in [1.807, 2.05) is 0 Å². The second-order valence-corrected chi connectivity index (χ2v) is 8.13. The Morgan fingerprint density at radius 3 is 2.48 bits per heavy atom. The molecule has 27 heavy (non-hydrogen) atoms. The highest BCUT2D eigenvalue weighted by molar-refractivity contribution is 7.89. The van der Waals surface area contributed by atoms with Crippen LogP contribution in [0, 0.1) is 0 Å². The summed E-state index contributed by atoms with van der Waals surface area (Å²) in [4.78, 5) is 23.4. The van der Waals surface area contributed by atoms with E-state index in [9.17, 15) is 18.0 Å². The van der Waals surface area contributed by atoms with Crippen molar-refractivity contribution in [2.24, 2.45) is 0 Å². The van der Waals surface area contributed by atoms with E-state index >= 15 is 0 Å². The standard InChI is InChI=1S/C18H26N2O6S/c1-2-25-14-18(22)26-13-17(21)19-15-8-7-9-16(12-15)27(23,24)20-10-5-3-4-6-11-20/h7-9,12H,2-6,10-11,13-14H2,1H3,(H,19,21). The Morgan fingerprint density at radius 2 is 1.81 bits per heavy atom. The van der Waals surface area contributed by atoms with Gasteiger partial charge in [0.1, 0.15) is 6.61 Å². The monoisotopic (exact) mass is 398 g/mol. The number of sulfonamides is 1. The highest BCUT2D eigenvalue weighted by Crippen LogP contribution is 2.22. The molecule has 1 saturated heterocycles. The van der Waals surface area contributed by atoms with Gasteiger partial charge in [-0.25, -0.2) is 13.2 Å². The summed E-state index contributed by atoms with van der Waals surface area (Å²) < 4.78 is 36.8. The van der Waals surface area contributed by atoms with Gasteiger partial charge in [0.05, 0.1) is 4.90 Å². The molecule has 1 aromatic carbocycles. The van der Waals surface area contributed by atoms with E-state index in [0.717, 1.165) is 25.7 Å². The van der Waals surface area contributed by atoms with Gasteiger partial charge in [0, 0.05) is 25.4 Å². The molecule has 0 unspecified atom stereocenters. The molecule has 1 aliphatic heterocycles. The first-order valence-electron chi connectivity index (χ1n) is 9.07. The Bertz CT molecular complexity index is 742. The van der Waals surface area contributed by atoms with E-state index in [1.165, 1.54) is 16.4 Å². The van der Waals surface area contributed by atoms with Crippen molar-refractivity contribution in [3.8, 4) is 0 Å². The highest BCUT2D eigenvalue weighted by atomic mass is 32.2. The second kappa shape index (κ2) is 10.4. The van der Waals surface area contributed by atoms with Gasteiger partial charge in [-0.2, -0.15) is 4.31 Å². The molecule has 1 heterocycles. The fourth-order valence-corrected chi connectivity index (χ4v) is 4.30. The highest BCUT2D eigenvalue weighted by Gasteiger charge is 2.25. The number of esters is 1. The Hall–Kier alpha value is -1.97. The summed E-state index contributed by atoms with van der Waals surface area (Å²) in [6.07, 6.45) is 3.76. The molecular formula is C18H26N2O6S. The van der Waals surface area contributed by atoms with E-state index in [1.54, 1.807) is 19.1 Å². The fraction of sp³-hybridized carbons (Fsp3) is 0.556. The Morgan fingerprint density at radius 1 is 1.11 bits per heavy atom. The molecule has 0 aromatic heterocycles. The zero-order chi connectivity index (χ0) is 19.7. The maximum atomic E-state index is 12.8. The first-order chi connectivity index (χ1) is 12.9. The van der Waals surface area contributed by atoms with Crippen LogP contribution in [0.3, 0.4) is 0 Å². The number of hydrogen-bond donors (Lipinski definition) is 1. The topological polar surface area (TPSA) is 102 Å². The molecule has 1 amide bonds. The average Bonchev–Trinajstić information content (AvgIpc) is 2.95. The van der Waals surface area contributed by atoms with Crippen LogP contribution in [0.4, 0.5) is 5.69 Å². The molecule has 1 fully saturated rings. The summed E-state index contributed by atoms with van der Waals surface area (Å²) in [5.74, 6) is -1.19. The number of hydrogen-bond acceptors (Lipinski definition) is 6. The van der Waals surface area contributed by atoms with Crippen molar-refractivity contribution in [3.63, 3.8) is 0 Å². The zero-order valence-electron chi connectivity index (χ0n) is 15.5. The van der Waals surface area contributed by atoms with Crippen LogP contribution < -0.4 is 5.32 Å². The smallest absolute Gasteiger partial charge is 0.332 e. The van der Waals surface area contributed by atoms with Crippen LogP contribution in [0.1, 0.15) is 32.6 Å². The lowest BCUT2D eigenvalue weighted by Crippen LogP contribution is -2.32. The number of nitrogens with one attached hydrogen (secondary N) is 1. The van der Waals surface area contributed by atoms with Gasteiger partial charge in [0.2, 0.25) is 10.0 Å². The maximum absolute atomic E-state index is 12.8. The first-order valence-corrected chi connectivity index (χ1v) is 10.5. The van der Waals surface area contributed by atoms with Gasteiger partial charge in [-0.3, -0.25) is 4.79 Å². The molecule has 1 N–H and O–H groups in total. The van der Waals surface area contributed by atoms with Crippen molar-refractivity contribution in [2.75, 3.05) is 38.2 Å². The van der Waals surface area contributed by atoms with Gasteiger partial charge >= 0.3 is 5.97 Å². The summed E-state index contributed by atoms with van der Waals surface area (Å²) in [5.41, 5.74) is 0.330. The van der Waals surface area contributed by atoms with Crippen LogP contribution in [0.5, 0.6) is 0 Å². The van der Waals surface area contributed by atoms with Gasteiger partial charge < -0.3 is 14.8 Å². The quantitative estimate of drug-likeness (QED) is 0.670. The molecule has 0 saturated carbocycles. The number of nitrogens with zero attached hydrogens (tertiary/aromatic N) is 1. The van der Waals surface area contributed by atoms with Crippen LogP contribution in [0.25, 0.3) is 0 Å². The minimum atomic E-state index is -3.60. The molecule has 0 atom stereocenters. The van der Waals surface area contributed by atoms with E-state index in [-0.39, 0.29) is 11.5 Å². The molecule has 2 rings (SSSR count). The first kappa shape index (κ1) is 21.3. The number of anilines is 1. The van der Waals surface area contributed by atoms with Crippen molar-refractivity contribution in [3.05, 3.63) is 24.3 Å². The zero-order valence-corrected chi connectivity index (χ0v) is 16.3. The summed E-state index contributed by atoms with van der Waals surface area (Å²) >= 11 is 0. The summed E-state index contributed by atoms with van der Waals surface area (Å²) in [6.45, 7) is 2.46. The predicted octanol–water partition coefficient (Wildman–Crippen LogP) is 1.77. The van der Waals surface area contributed by atoms with Crippen molar-refractivity contribution in [1.82, 2.24) is 4.31 Å². The number of carbonyl (C=O) groups is 2. The number of benzene rings is 1. The Labute approximate surface area is 159 Å². The lowest BCUT2D eigenvalue weighted by atomic mass is 10.2. The SMILES string of the molecule is CCOCC(=O)OCC(=O)Nc1cccc(S(=O)(=O)N2CCCCCC2)c1. The molecule has 0 spiro atoms. The van der Waals surface area contributed by atoms with Crippen LogP contribution in [-0.2, 0) is 29.1 Å². The predicted molar refractivity (Wildman–Crippen MR) is 99.8 cm³/mol. The van der Waals surface area contributed by atoms with Gasteiger partial charge in [0.15, 0.2) is 6.61 Å². The minimum Gasteiger partial charge on any atom is -0.454 e. The van der Waals surface area contributed by atoms with E-state index in [4.69, 9.17) is 9.47 Å². The van der Waals surface area contributed by atoms with Crippen LogP contribution >= 0.6 is 0 Å². The summed E-state index contributed by atoms with van der Waals surface area (Å²) in [7, 11) is -3.60. The average molecular weight is 398 g/mol. The molecule has 8 nitrogen and oxygen atoms in total. The van der Waals surface area contributed by atoms with Crippen LogP contribution in [0.15, 0.2) is 29.2 Å². The third-order valence-corrected chi connectivity index (χ3v) is 6.00. The molecular weight excluding hydrogens is 372 g/mol. The van der Waals surface area contributed by atoms with Crippen molar-refractivity contribution >= 4 is 27.6 Å². The summed E-state index contributed by atoms with van der Waals surface area (Å²) in [6, 6.07) is 6.08. The number of amides is 1. The van der Waals surface area contributed by atoms with E-state index in [0.29, 0.717) is 25.4 Å². The largest absolute Gasteiger partial charge is 0.454 e. The molecule has 0 bridgehead atoms. The molecule has 1 aromatic rings. The van der Waals surface area contributed by atoms with E-state index in [2.05, 4.69) is 5.32 Å². The van der Waals surface area contributed by atoms with Gasteiger partial charge in [-0.1, -0.05) is 18.9 Å². The van der Waals surface area contributed by atoms with Crippen LogP contribution in [0.2, 0.25) is 0 Å². The third-order valence-electron chi connectivity index (χ3n) is 4.11. The van der Waals surface area contributed by atoms with Crippen molar-refractivity contribution in [1.29, 1.82) is 0 Å². The second-order valence-electron chi connectivity index (χ2n) is 6.19. The number of rotatable bonds is 8. The third kappa shape index (κ3) is 6.60. The van der Waals surface area contributed by atoms with Gasteiger partial charge in [0.25, 0.3) is 5.91 Å². The minimum absolute atomic E-state index is 0.135. The van der Waals surface area contributed by atoms with Crippen LogP contribution in [-0.4, -0.2) is 57.5 Å². The van der Waals surface area contributed by atoms with Crippen molar-refractivity contribution in [2.45, 2.75) is 37.5 Å². The van der Waals surface area contributed by atoms with Gasteiger partial charge in [-0.05, 0) is 38.0 Å². The van der Waals surface area contributed by atoms with Crippen molar-refractivity contribution < 1.29 is 27.5 Å². The normalized spacial score (nSPS) is 15.7. The Balaban J connectivity index is 1.98. The maximum Gasteiger partial charge on any atom is 0.332 e. The van der Waals surface area contributed by atoms with E-state index < -0.39 is 28.5 Å². The molecule has 9 heteroatoms. The Kier molecular flexibility index (Phi) is 8.21. The fourth-order valence-electron chi connectivity index (χ4n) is 2.74. The van der Waals surface area contributed by atoms with Gasteiger partial charge in [-0.15, -0.1) is 0 Å². The molecule has 1 aliphatic rings. The number of carbonyl (C=O) groups excluding carboxylic acids is 2. The molecule has 150 valence electrons. The molecule has 0 aliphatic carbocycles. The summed E-state index contributed by atoms with van der Waals surface area (Å²) in [5, 5.41) is 2.54. The number of ether oxygens (including phenoxy) is 2. The lowest BCUT2D eigenvalue weighted by Gasteiger charge is -2.20.